The smallest absolute Gasteiger partial charge is 0.151 e. The molecular weight excluding hydrogens is 198 g/mol. The molecule has 0 aliphatic heterocycles. The zero-order valence-electron chi connectivity index (χ0n) is 8.18. The van der Waals surface area contributed by atoms with Crippen molar-refractivity contribution < 1.29 is 0 Å². The minimum atomic E-state index is 0.159. The van der Waals surface area contributed by atoms with Crippen molar-refractivity contribution in [3.05, 3.63) is 17.3 Å². The fraction of sp³-hybridized carbons (Fsp3) is 0.500. The Morgan fingerprint density at radius 3 is 2.79 bits per heavy atom. The third-order valence-electron chi connectivity index (χ3n) is 2.77. The second-order valence-corrected chi connectivity index (χ2v) is 4.50. The molecule has 0 radical (unpaired) electrons. The van der Waals surface area contributed by atoms with Crippen molar-refractivity contribution in [1.82, 2.24) is 4.98 Å². The maximum atomic E-state index is 5.80. The first-order valence-electron chi connectivity index (χ1n) is 4.79. The average Bonchev–Trinajstić information content (AvgIpc) is 2.09. The Labute approximate surface area is 88.7 Å². The van der Waals surface area contributed by atoms with Gasteiger partial charge in [0.1, 0.15) is 5.15 Å². The molecule has 0 spiro atoms. The molecule has 0 bridgehead atoms. The van der Waals surface area contributed by atoms with E-state index in [0.717, 1.165) is 0 Å². The maximum Gasteiger partial charge on any atom is 0.151 e. The standard InChI is InChI=1S/C10H14ClN3/c1-10(5-2-6-10)14-9-7(12)3-4-8(11)13-9/h3-4H,2,5-6,12H2,1H3,(H,13,14). The maximum absolute atomic E-state index is 5.80. The van der Waals surface area contributed by atoms with Gasteiger partial charge in [0, 0.05) is 5.54 Å². The number of hydrogen-bond donors (Lipinski definition) is 2. The summed E-state index contributed by atoms with van der Waals surface area (Å²) in [5, 5.41) is 3.82. The molecule has 3 nitrogen and oxygen atoms in total. The van der Waals surface area contributed by atoms with Gasteiger partial charge in [-0.2, -0.15) is 0 Å². The van der Waals surface area contributed by atoms with Crippen LogP contribution in [0.15, 0.2) is 12.1 Å². The van der Waals surface area contributed by atoms with Crippen molar-refractivity contribution in [3.63, 3.8) is 0 Å². The SMILES string of the molecule is CC1(Nc2nc(Cl)ccc2N)CCC1. The lowest BCUT2D eigenvalue weighted by Crippen LogP contribution is -2.42. The molecule has 0 aromatic carbocycles. The predicted octanol–water partition coefficient (Wildman–Crippen LogP) is 2.67. The Morgan fingerprint density at radius 2 is 2.21 bits per heavy atom. The van der Waals surface area contributed by atoms with Gasteiger partial charge >= 0.3 is 0 Å². The molecule has 1 aromatic rings. The van der Waals surface area contributed by atoms with Gasteiger partial charge < -0.3 is 11.1 Å². The Morgan fingerprint density at radius 1 is 1.50 bits per heavy atom. The molecule has 3 N–H and O–H groups in total. The van der Waals surface area contributed by atoms with Gasteiger partial charge in [-0.25, -0.2) is 4.98 Å². The summed E-state index contributed by atoms with van der Waals surface area (Å²) < 4.78 is 0. The van der Waals surface area contributed by atoms with E-state index in [4.69, 9.17) is 17.3 Å². The Bertz CT molecular complexity index is 347. The Hall–Kier alpha value is -0.960. The summed E-state index contributed by atoms with van der Waals surface area (Å²) in [4.78, 5) is 4.17. The summed E-state index contributed by atoms with van der Waals surface area (Å²) >= 11 is 5.80. The van der Waals surface area contributed by atoms with E-state index in [9.17, 15) is 0 Å². The molecule has 4 heteroatoms. The van der Waals surface area contributed by atoms with E-state index in [2.05, 4.69) is 17.2 Å². The lowest BCUT2D eigenvalue weighted by atomic mass is 9.78. The minimum absolute atomic E-state index is 0.159. The highest BCUT2D eigenvalue weighted by Gasteiger charge is 2.32. The van der Waals surface area contributed by atoms with E-state index in [1.165, 1.54) is 19.3 Å². The predicted molar refractivity (Wildman–Crippen MR) is 59.5 cm³/mol. The summed E-state index contributed by atoms with van der Waals surface area (Å²) in [6.45, 7) is 2.18. The molecule has 1 heterocycles. The number of anilines is 2. The van der Waals surface area contributed by atoms with E-state index in [1.807, 2.05) is 0 Å². The van der Waals surface area contributed by atoms with Gasteiger partial charge in [0.05, 0.1) is 5.69 Å². The first-order chi connectivity index (χ1) is 6.59. The average molecular weight is 212 g/mol. The van der Waals surface area contributed by atoms with Gasteiger partial charge in [-0.3, -0.25) is 0 Å². The third kappa shape index (κ3) is 1.77. The fourth-order valence-corrected chi connectivity index (χ4v) is 1.81. The summed E-state index contributed by atoms with van der Waals surface area (Å²) in [6, 6.07) is 3.48. The van der Waals surface area contributed by atoms with Crippen LogP contribution >= 0.6 is 11.6 Å². The lowest BCUT2D eigenvalue weighted by Gasteiger charge is -2.39. The zero-order chi connectivity index (χ0) is 10.2. The Balaban J connectivity index is 2.19. The van der Waals surface area contributed by atoms with Crippen LogP contribution in [0.25, 0.3) is 0 Å². The van der Waals surface area contributed by atoms with Crippen LogP contribution < -0.4 is 11.1 Å². The Kier molecular flexibility index (Phi) is 2.27. The van der Waals surface area contributed by atoms with Crippen LogP contribution in [0.2, 0.25) is 5.15 Å². The minimum Gasteiger partial charge on any atom is -0.396 e. The van der Waals surface area contributed by atoms with Crippen molar-refractivity contribution in [3.8, 4) is 0 Å². The second-order valence-electron chi connectivity index (χ2n) is 4.11. The van der Waals surface area contributed by atoms with Gasteiger partial charge in [-0.1, -0.05) is 11.6 Å². The quantitative estimate of drug-likeness (QED) is 0.740. The van der Waals surface area contributed by atoms with E-state index >= 15 is 0 Å². The van der Waals surface area contributed by atoms with Crippen LogP contribution in [0.5, 0.6) is 0 Å². The first-order valence-corrected chi connectivity index (χ1v) is 5.17. The molecule has 0 amide bonds. The molecule has 0 saturated heterocycles. The van der Waals surface area contributed by atoms with Crippen LogP contribution in [0, 0.1) is 0 Å². The van der Waals surface area contributed by atoms with Crippen molar-refractivity contribution in [2.24, 2.45) is 0 Å². The summed E-state index contributed by atoms with van der Waals surface area (Å²) in [5.41, 5.74) is 6.61. The number of halogens is 1. The molecule has 1 fully saturated rings. The topological polar surface area (TPSA) is 50.9 Å². The number of pyridine rings is 1. The molecule has 1 aromatic heterocycles. The van der Waals surface area contributed by atoms with E-state index in [0.29, 0.717) is 16.7 Å². The highest BCUT2D eigenvalue weighted by Crippen LogP contribution is 2.35. The van der Waals surface area contributed by atoms with E-state index in [-0.39, 0.29) is 5.54 Å². The number of nitrogens with one attached hydrogen (secondary N) is 1. The fourth-order valence-electron chi connectivity index (χ4n) is 1.66. The van der Waals surface area contributed by atoms with Crippen LogP contribution in [-0.2, 0) is 0 Å². The van der Waals surface area contributed by atoms with Crippen molar-refractivity contribution in [2.75, 3.05) is 11.1 Å². The van der Waals surface area contributed by atoms with Crippen molar-refractivity contribution >= 4 is 23.1 Å². The molecular formula is C10H14ClN3. The molecule has 1 saturated carbocycles. The van der Waals surface area contributed by atoms with Gasteiger partial charge in [-0.05, 0) is 38.3 Å². The number of hydrogen-bond acceptors (Lipinski definition) is 3. The van der Waals surface area contributed by atoms with Crippen molar-refractivity contribution in [2.45, 2.75) is 31.7 Å². The monoisotopic (exact) mass is 211 g/mol. The number of nitrogen functional groups attached to an aromatic ring is 1. The third-order valence-corrected chi connectivity index (χ3v) is 2.98. The van der Waals surface area contributed by atoms with Crippen LogP contribution in [0.1, 0.15) is 26.2 Å². The largest absolute Gasteiger partial charge is 0.396 e. The number of nitrogens with two attached hydrogens (primary N) is 1. The van der Waals surface area contributed by atoms with Crippen LogP contribution in [0.4, 0.5) is 11.5 Å². The highest BCUT2D eigenvalue weighted by molar-refractivity contribution is 6.29. The second kappa shape index (κ2) is 3.31. The number of nitrogens with zero attached hydrogens (tertiary/aromatic N) is 1. The van der Waals surface area contributed by atoms with Crippen molar-refractivity contribution in [1.29, 1.82) is 0 Å². The van der Waals surface area contributed by atoms with Crippen LogP contribution in [0.3, 0.4) is 0 Å². The molecule has 2 rings (SSSR count). The first kappa shape index (κ1) is 9.59. The van der Waals surface area contributed by atoms with Crippen LogP contribution in [-0.4, -0.2) is 10.5 Å². The molecule has 1 aliphatic carbocycles. The lowest BCUT2D eigenvalue weighted by molar-refractivity contribution is 0.306. The number of aromatic nitrogens is 1. The molecule has 14 heavy (non-hydrogen) atoms. The van der Waals surface area contributed by atoms with Gasteiger partial charge in [0.2, 0.25) is 0 Å². The normalized spacial score (nSPS) is 18.7. The molecule has 1 aliphatic rings. The van der Waals surface area contributed by atoms with E-state index in [1.54, 1.807) is 12.1 Å². The zero-order valence-corrected chi connectivity index (χ0v) is 8.93. The van der Waals surface area contributed by atoms with Gasteiger partial charge in [0.25, 0.3) is 0 Å². The van der Waals surface area contributed by atoms with Gasteiger partial charge in [-0.15, -0.1) is 0 Å². The summed E-state index contributed by atoms with van der Waals surface area (Å²) in [7, 11) is 0. The molecule has 76 valence electrons. The van der Waals surface area contributed by atoms with Gasteiger partial charge in [0.15, 0.2) is 5.82 Å². The molecule has 0 atom stereocenters. The van der Waals surface area contributed by atoms with E-state index < -0.39 is 0 Å². The highest BCUT2D eigenvalue weighted by atomic mass is 35.5. The summed E-state index contributed by atoms with van der Waals surface area (Å²) in [6.07, 6.45) is 3.60. The summed E-state index contributed by atoms with van der Waals surface area (Å²) in [5.74, 6) is 0.708. The number of rotatable bonds is 2. The molecule has 0 unspecified atom stereocenters.